The number of hydrogen-bond donors (Lipinski definition) is 0. The number of aromatic nitrogens is 7. The molecule has 0 N–H and O–H groups in total. The number of hydrogen-bond acceptors (Lipinski definition) is 7. The van der Waals surface area contributed by atoms with Crippen LogP contribution in [-0.2, 0) is 16.7 Å². The van der Waals surface area contributed by atoms with E-state index in [0.717, 1.165) is 17.0 Å². The summed E-state index contributed by atoms with van der Waals surface area (Å²) in [5, 5.41) is 12.5. The third-order valence-corrected chi connectivity index (χ3v) is 4.75. The Morgan fingerprint density at radius 3 is 2.72 bits per heavy atom. The van der Waals surface area contributed by atoms with Gasteiger partial charge < -0.3 is 13.8 Å². The minimum Gasteiger partial charge on any atom is -0.375 e. The number of imidazole rings is 1. The molecule has 0 amide bonds. The Morgan fingerprint density at radius 1 is 1.24 bits per heavy atom. The molecular formula is C20H25N7O2. The first-order chi connectivity index (χ1) is 13.8. The van der Waals surface area contributed by atoms with Crippen LogP contribution in [-0.4, -0.2) is 47.9 Å². The van der Waals surface area contributed by atoms with E-state index in [1.165, 1.54) is 0 Å². The first-order valence-electron chi connectivity index (χ1n) is 9.50. The van der Waals surface area contributed by atoms with Crippen molar-refractivity contribution in [2.75, 3.05) is 7.11 Å². The van der Waals surface area contributed by atoms with Crippen LogP contribution < -0.4 is 0 Å². The molecule has 29 heavy (non-hydrogen) atoms. The Kier molecular flexibility index (Phi) is 4.91. The van der Waals surface area contributed by atoms with E-state index >= 15 is 0 Å². The van der Waals surface area contributed by atoms with Gasteiger partial charge in [-0.25, -0.2) is 9.67 Å². The molecular weight excluding hydrogens is 370 g/mol. The fourth-order valence-corrected chi connectivity index (χ4v) is 3.17. The molecule has 9 nitrogen and oxygen atoms in total. The lowest BCUT2D eigenvalue weighted by Crippen LogP contribution is -2.24. The van der Waals surface area contributed by atoms with Crippen LogP contribution in [0.2, 0.25) is 0 Å². The minimum atomic E-state index is -0.185. The molecule has 3 aromatic rings. The monoisotopic (exact) mass is 395 g/mol. The standard InChI is InChI=1S/C20H25N7O2/c1-13-9-26(12-21-13)16-7-6-14(8-17(16)28-5)15-10-27(25-23-15)11-18-22-19(29-24-18)20(2,3)4/h6-10,12,16-17H,11H2,1-5H3. The van der Waals surface area contributed by atoms with E-state index in [2.05, 4.69) is 37.6 Å². The van der Waals surface area contributed by atoms with Gasteiger partial charge in [-0.1, -0.05) is 43.3 Å². The Morgan fingerprint density at radius 2 is 2.07 bits per heavy atom. The van der Waals surface area contributed by atoms with Crippen LogP contribution in [0, 0.1) is 6.92 Å². The molecule has 1 aliphatic carbocycles. The van der Waals surface area contributed by atoms with Crippen molar-refractivity contribution >= 4 is 5.57 Å². The summed E-state index contributed by atoms with van der Waals surface area (Å²) in [6.45, 7) is 8.46. The maximum absolute atomic E-state index is 5.69. The largest absolute Gasteiger partial charge is 0.375 e. The van der Waals surface area contributed by atoms with Gasteiger partial charge in [-0.3, -0.25) is 0 Å². The van der Waals surface area contributed by atoms with Crippen LogP contribution in [0.15, 0.2) is 41.5 Å². The summed E-state index contributed by atoms with van der Waals surface area (Å²) in [5.41, 5.74) is 2.51. The molecule has 152 valence electrons. The fourth-order valence-electron chi connectivity index (χ4n) is 3.17. The molecule has 0 saturated heterocycles. The van der Waals surface area contributed by atoms with Crippen molar-refractivity contribution in [2.45, 2.75) is 51.8 Å². The molecule has 3 heterocycles. The predicted octanol–water partition coefficient (Wildman–Crippen LogP) is 2.72. The molecule has 1 aliphatic rings. The summed E-state index contributed by atoms with van der Waals surface area (Å²) < 4.78 is 14.8. The fraction of sp³-hybridized carbons (Fsp3) is 0.450. The highest BCUT2D eigenvalue weighted by Gasteiger charge is 2.24. The highest BCUT2D eigenvalue weighted by Crippen LogP contribution is 2.28. The maximum Gasteiger partial charge on any atom is 0.232 e. The number of methoxy groups -OCH3 is 1. The summed E-state index contributed by atoms with van der Waals surface area (Å²) in [5.74, 6) is 1.18. The van der Waals surface area contributed by atoms with Crippen molar-refractivity contribution in [3.63, 3.8) is 0 Å². The molecule has 0 fully saturated rings. The van der Waals surface area contributed by atoms with Gasteiger partial charge in [-0.15, -0.1) is 5.10 Å². The average molecular weight is 395 g/mol. The lowest BCUT2D eigenvalue weighted by molar-refractivity contribution is 0.109. The van der Waals surface area contributed by atoms with Gasteiger partial charge in [-0.2, -0.15) is 4.98 Å². The molecule has 2 unspecified atom stereocenters. The van der Waals surface area contributed by atoms with Gasteiger partial charge in [0.1, 0.15) is 18.3 Å². The smallest absolute Gasteiger partial charge is 0.232 e. The number of allylic oxidation sites excluding steroid dienone is 2. The van der Waals surface area contributed by atoms with Crippen molar-refractivity contribution in [1.29, 1.82) is 0 Å². The minimum absolute atomic E-state index is 0.0511. The van der Waals surface area contributed by atoms with Crippen molar-refractivity contribution in [3.05, 3.63) is 60.1 Å². The quantitative estimate of drug-likeness (QED) is 0.655. The SMILES string of the molecule is COC1C=C(c2cn(Cc3noc(C(C)(C)C)n3)nn2)C=CC1n1cnc(C)c1. The summed E-state index contributed by atoms with van der Waals surface area (Å²) in [6.07, 6.45) is 11.8. The van der Waals surface area contributed by atoms with E-state index in [-0.39, 0.29) is 17.6 Å². The van der Waals surface area contributed by atoms with Crippen LogP contribution in [0.5, 0.6) is 0 Å². The van der Waals surface area contributed by atoms with Crippen molar-refractivity contribution in [2.24, 2.45) is 0 Å². The summed E-state index contributed by atoms with van der Waals surface area (Å²) >= 11 is 0. The highest BCUT2D eigenvalue weighted by molar-refractivity contribution is 5.73. The molecule has 4 rings (SSSR count). The molecule has 0 bridgehead atoms. The van der Waals surface area contributed by atoms with Crippen LogP contribution in [0.4, 0.5) is 0 Å². The van der Waals surface area contributed by atoms with Gasteiger partial charge in [0.15, 0.2) is 5.82 Å². The van der Waals surface area contributed by atoms with E-state index in [0.29, 0.717) is 18.3 Å². The van der Waals surface area contributed by atoms with Gasteiger partial charge in [0.05, 0.1) is 24.3 Å². The van der Waals surface area contributed by atoms with Crippen molar-refractivity contribution < 1.29 is 9.26 Å². The van der Waals surface area contributed by atoms with Crippen LogP contribution in [0.1, 0.15) is 49.9 Å². The van der Waals surface area contributed by atoms with Gasteiger partial charge in [0.2, 0.25) is 5.89 Å². The lowest BCUT2D eigenvalue weighted by Gasteiger charge is -2.25. The highest BCUT2D eigenvalue weighted by atomic mass is 16.5. The van der Waals surface area contributed by atoms with E-state index in [1.807, 2.05) is 57.1 Å². The first-order valence-corrected chi connectivity index (χ1v) is 9.50. The lowest BCUT2D eigenvalue weighted by atomic mass is 9.97. The predicted molar refractivity (Wildman–Crippen MR) is 106 cm³/mol. The van der Waals surface area contributed by atoms with Crippen molar-refractivity contribution in [3.8, 4) is 0 Å². The van der Waals surface area contributed by atoms with Gasteiger partial charge in [0.25, 0.3) is 0 Å². The number of rotatable bonds is 5. The molecule has 0 saturated carbocycles. The van der Waals surface area contributed by atoms with Crippen LogP contribution >= 0.6 is 0 Å². The van der Waals surface area contributed by atoms with E-state index in [4.69, 9.17) is 9.26 Å². The molecule has 2 atom stereocenters. The molecule has 3 aromatic heterocycles. The number of nitrogens with zero attached hydrogens (tertiary/aromatic N) is 7. The zero-order valence-corrected chi connectivity index (χ0v) is 17.3. The Balaban J connectivity index is 1.50. The molecule has 0 aromatic carbocycles. The molecule has 0 spiro atoms. The third kappa shape index (κ3) is 4.04. The molecule has 0 radical (unpaired) electrons. The van der Waals surface area contributed by atoms with Gasteiger partial charge in [-0.05, 0) is 13.0 Å². The van der Waals surface area contributed by atoms with Gasteiger partial charge in [0, 0.05) is 24.3 Å². The Labute approximate surface area is 169 Å². The normalized spacial score (nSPS) is 19.6. The van der Waals surface area contributed by atoms with E-state index in [1.54, 1.807) is 11.8 Å². The second-order valence-corrected chi connectivity index (χ2v) is 8.20. The Hall–Kier alpha value is -3.07. The summed E-state index contributed by atoms with van der Waals surface area (Å²) in [7, 11) is 1.70. The van der Waals surface area contributed by atoms with E-state index in [9.17, 15) is 0 Å². The average Bonchev–Trinajstić information content (AvgIpc) is 3.42. The van der Waals surface area contributed by atoms with Gasteiger partial charge >= 0.3 is 0 Å². The number of aryl methyl sites for hydroxylation is 1. The molecule has 9 heteroatoms. The second kappa shape index (κ2) is 7.40. The van der Waals surface area contributed by atoms with Crippen LogP contribution in [0.25, 0.3) is 5.57 Å². The first kappa shape index (κ1) is 19.3. The Bertz CT molecular complexity index is 1050. The third-order valence-electron chi connectivity index (χ3n) is 4.75. The van der Waals surface area contributed by atoms with Crippen LogP contribution in [0.3, 0.4) is 0 Å². The van der Waals surface area contributed by atoms with E-state index < -0.39 is 0 Å². The zero-order valence-electron chi connectivity index (χ0n) is 17.3. The maximum atomic E-state index is 5.69. The summed E-state index contributed by atoms with van der Waals surface area (Å²) in [4.78, 5) is 8.75. The second-order valence-electron chi connectivity index (χ2n) is 8.20. The summed E-state index contributed by atoms with van der Waals surface area (Å²) in [6, 6.07) is 0.0511. The molecule has 0 aliphatic heterocycles. The number of ether oxygens (including phenoxy) is 1. The van der Waals surface area contributed by atoms with Crippen molar-refractivity contribution in [1.82, 2.24) is 34.7 Å². The topological polar surface area (TPSA) is 96.7 Å². The zero-order chi connectivity index (χ0) is 20.6.